The SMILES string of the molecule is O=C1CCC(N2CCN(c3ncnc4ccccc34)CC2)CCN1Cc1ccccc1F. The van der Waals surface area contributed by atoms with Gasteiger partial charge in [-0.15, -0.1) is 0 Å². The predicted octanol–water partition coefficient (Wildman–Crippen LogP) is 3.47. The monoisotopic (exact) mass is 433 g/mol. The second-order valence-electron chi connectivity index (χ2n) is 8.63. The maximum atomic E-state index is 14.1. The predicted molar refractivity (Wildman–Crippen MR) is 123 cm³/mol. The summed E-state index contributed by atoms with van der Waals surface area (Å²) in [6, 6.07) is 15.2. The van der Waals surface area contributed by atoms with E-state index in [1.807, 2.05) is 29.2 Å². The topological polar surface area (TPSA) is 52.6 Å². The zero-order valence-corrected chi connectivity index (χ0v) is 18.2. The fourth-order valence-electron chi connectivity index (χ4n) is 4.93. The summed E-state index contributed by atoms with van der Waals surface area (Å²) in [6.07, 6.45) is 3.96. The number of nitrogens with zero attached hydrogens (tertiary/aromatic N) is 5. The van der Waals surface area contributed by atoms with Crippen molar-refractivity contribution in [1.29, 1.82) is 0 Å². The summed E-state index contributed by atoms with van der Waals surface area (Å²) in [5, 5.41) is 1.09. The summed E-state index contributed by atoms with van der Waals surface area (Å²) >= 11 is 0. The number of piperazine rings is 1. The van der Waals surface area contributed by atoms with Crippen LogP contribution in [0.15, 0.2) is 54.9 Å². The zero-order chi connectivity index (χ0) is 21.9. The minimum absolute atomic E-state index is 0.127. The third kappa shape index (κ3) is 4.30. The Balaban J connectivity index is 1.21. The van der Waals surface area contributed by atoms with E-state index in [0.717, 1.165) is 55.7 Å². The van der Waals surface area contributed by atoms with E-state index in [1.54, 1.807) is 18.5 Å². The molecular weight excluding hydrogens is 405 g/mol. The van der Waals surface area contributed by atoms with Gasteiger partial charge in [0.1, 0.15) is 18.0 Å². The van der Waals surface area contributed by atoms with Crippen LogP contribution in [-0.2, 0) is 11.3 Å². The molecule has 7 heteroatoms. The minimum Gasteiger partial charge on any atom is -0.353 e. The van der Waals surface area contributed by atoms with Crippen molar-refractivity contribution in [2.75, 3.05) is 37.6 Å². The quantitative estimate of drug-likeness (QED) is 0.631. The van der Waals surface area contributed by atoms with Crippen LogP contribution in [0.1, 0.15) is 24.8 Å². The first kappa shape index (κ1) is 20.8. The highest BCUT2D eigenvalue weighted by atomic mass is 19.1. The van der Waals surface area contributed by atoms with E-state index in [4.69, 9.17) is 0 Å². The van der Waals surface area contributed by atoms with Gasteiger partial charge in [-0.25, -0.2) is 14.4 Å². The van der Waals surface area contributed by atoms with Crippen LogP contribution in [0.3, 0.4) is 0 Å². The average molecular weight is 434 g/mol. The standard InChI is InChI=1S/C25H28FN5O/c26-22-7-3-1-5-19(22)17-31-12-11-20(9-10-24(31)32)29-13-15-30(16-14-29)25-21-6-2-4-8-23(21)27-18-28-25/h1-8,18,20H,9-17H2. The van der Waals surface area contributed by atoms with Gasteiger partial charge in [-0.3, -0.25) is 9.69 Å². The van der Waals surface area contributed by atoms with Crippen molar-refractivity contribution in [2.45, 2.75) is 31.8 Å². The van der Waals surface area contributed by atoms with Gasteiger partial charge in [0.05, 0.1) is 5.52 Å². The molecule has 0 radical (unpaired) electrons. The Bertz CT molecular complexity index is 1090. The molecule has 2 aliphatic rings. The van der Waals surface area contributed by atoms with E-state index in [0.29, 0.717) is 31.1 Å². The summed E-state index contributed by atoms with van der Waals surface area (Å²) in [5.74, 6) is 0.888. The molecule has 1 unspecified atom stereocenters. The molecule has 2 aliphatic heterocycles. The lowest BCUT2D eigenvalue weighted by Crippen LogP contribution is -2.50. The van der Waals surface area contributed by atoms with E-state index in [9.17, 15) is 9.18 Å². The van der Waals surface area contributed by atoms with E-state index in [-0.39, 0.29) is 11.7 Å². The van der Waals surface area contributed by atoms with Crippen molar-refractivity contribution in [3.8, 4) is 0 Å². The number of benzene rings is 2. The van der Waals surface area contributed by atoms with Gasteiger partial charge in [-0.1, -0.05) is 30.3 Å². The first-order valence-electron chi connectivity index (χ1n) is 11.4. The van der Waals surface area contributed by atoms with Crippen molar-refractivity contribution < 1.29 is 9.18 Å². The summed E-state index contributed by atoms with van der Waals surface area (Å²) in [6.45, 7) is 4.74. The largest absolute Gasteiger partial charge is 0.353 e. The second-order valence-corrected chi connectivity index (χ2v) is 8.63. The number of hydrogen-bond acceptors (Lipinski definition) is 5. The van der Waals surface area contributed by atoms with Gasteiger partial charge in [0, 0.05) is 62.7 Å². The molecule has 1 atom stereocenters. The molecule has 1 aromatic heterocycles. The maximum Gasteiger partial charge on any atom is 0.222 e. The first-order chi connectivity index (χ1) is 15.7. The Labute approximate surface area is 187 Å². The Morgan fingerprint density at radius 1 is 0.906 bits per heavy atom. The van der Waals surface area contributed by atoms with Crippen LogP contribution in [0.5, 0.6) is 0 Å². The molecule has 6 nitrogen and oxygen atoms in total. The number of halogens is 1. The van der Waals surface area contributed by atoms with E-state index in [1.165, 1.54) is 6.07 Å². The summed E-state index contributed by atoms with van der Waals surface area (Å²) in [7, 11) is 0. The molecule has 5 rings (SSSR count). The molecule has 0 aliphatic carbocycles. The lowest BCUT2D eigenvalue weighted by molar-refractivity contribution is -0.131. The lowest BCUT2D eigenvalue weighted by Gasteiger charge is -2.39. The van der Waals surface area contributed by atoms with Crippen LogP contribution in [0.2, 0.25) is 0 Å². The van der Waals surface area contributed by atoms with Crippen LogP contribution in [0.25, 0.3) is 10.9 Å². The Morgan fingerprint density at radius 3 is 2.53 bits per heavy atom. The maximum absolute atomic E-state index is 14.1. The molecule has 0 spiro atoms. The number of carbonyl (C=O) groups excluding carboxylic acids is 1. The smallest absolute Gasteiger partial charge is 0.222 e. The molecule has 3 heterocycles. The normalized spacial score (nSPS) is 20.5. The molecule has 2 saturated heterocycles. The fraction of sp³-hybridized carbons (Fsp3) is 0.400. The van der Waals surface area contributed by atoms with Crippen LogP contribution in [0.4, 0.5) is 10.2 Å². The molecular formula is C25H28FN5O. The van der Waals surface area contributed by atoms with E-state index in [2.05, 4.69) is 25.8 Å². The number of para-hydroxylation sites is 1. The molecule has 0 N–H and O–H groups in total. The Morgan fingerprint density at radius 2 is 1.69 bits per heavy atom. The molecule has 32 heavy (non-hydrogen) atoms. The van der Waals surface area contributed by atoms with E-state index >= 15 is 0 Å². The number of carbonyl (C=O) groups is 1. The number of anilines is 1. The van der Waals surface area contributed by atoms with Crippen molar-refractivity contribution in [2.24, 2.45) is 0 Å². The Kier molecular flexibility index (Phi) is 5.99. The molecule has 166 valence electrons. The van der Waals surface area contributed by atoms with Gasteiger partial charge >= 0.3 is 0 Å². The van der Waals surface area contributed by atoms with Crippen LogP contribution >= 0.6 is 0 Å². The molecule has 0 saturated carbocycles. The van der Waals surface area contributed by atoms with Gasteiger partial charge in [0.15, 0.2) is 0 Å². The number of amides is 1. The summed E-state index contributed by atoms with van der Waals surface area (Å²) < 4.78 is 14.1. The van der Waals surface area contributed by atoms with E-state index < -0.39 is 0 Å². The summed E-state index contributed by atoms with van der Waals surface area (Å²) in [5.41, 5.74) is 1.56. The molecule has 0 bridgehead atoms. The van der Waals surface area contributed by atoms with Crippen molar-refractivity contribution >= 4 is 22.6 Å². The van der Waals surface area contributed by atoms with Gasteiger partial charge < -0.3 is 9.80 Å². The highest BCUT2D eigenvalue weighted by Crippen LogP contribution is 2.26. The summed E-state index contributed by atoms with van der Waals surface area (Å²) in [4.78, 5) is 28.3. The van der Waals surface area contributed by atoms with Crippen LogP contribution in [0, 0.1) is 5.82 Å². The highest BCUT2D eigenvalue weighted by Gasteiger charge is 2.29. The number of fused-ring (bicyclic) bond motifs is 1. The third-order valence-electron chi connectivity index (χ3n) is 6.75. The lowest BCUT2D eigenvalue weighted by atomic mass is 10.1. The zero-order valence-electron chi connectivity index (χ0n) is 18.2. The van der Waals surface area contributed by atoms with Crippen LogP contribution < -0.4 is 4.90 Å². The first-order valence-corrected chi connectivity index (χ1v) is 11.4. The third-order valence-corrected chi connectivity index (χ3v) is 6.75. The van der Waals surface area contributed by atoms with Gasteiger partial charge in [0.25, 0.3) is 0 Å². The Hall–Kier alpha value is -3.06. The molecule has 2 fully saturated rings. The van der Waals surface area contributed by atoms with Crippen LogP contribution in [-0.4, -0.2) is 64.4 Å². The number of hydrogen-bond donors (Lipinski definition) is 0. The minimum atomic E-state index is -0.241. The van der Waals surface area contributed by atoms with Gasteiger partial charge in [-0.05, 0) is 31.0 Å². The highest BCUT2D eigenvalue weighted by molar-refractivity contribution is 5.89. The van der Waals surface area contributed by atoms with Gasteiger partial charge in [-0.2, -0.15) is 0 Å². The van der Waals surface area contributed by atoms with Crippen molar-refractivity contribution in [3.63, 3.8) is 0 Å². The van der Waals surface area contributed by atoms with Crippen molar-refractivity contribution in [3.05, 3.63) is 66.2 Å². The molecule has 2 aromatic carbocycles. The number of rotatable bonds is 4. The fourth-order valence-corrected chi connectivity index (χ4v) is 4.93. The number of likely N-dealkylation sites (tertiary alicyclic amines) is 1. The number of aromatic nitrogens is 2. The molecule has 3 aromatic rings. The van der Waals surface area contributed by atoms with Crippen molar-refractivity contribution in [1.82, 2.24) is 19.8 Å². The second kappa shape index (κ2) is 9.20. The van der Waals surface area contributed by atoms with Gasteiger partial charge in [0.2, 0.25) is 5.91 Å². The molecule has 1 amide bonds. The average Bonchev–Trinajstić information content (AvgIpc) is 3.02.